The summed E-state index contributed by atoms with van der Waals surface area (Å²) in [7, 11) is 3.73. The van der Waals surface area contributed by atoms with Crippen molar-refractivity contribution < 1.29 is 9.47 Å². The second-order valence-electron chi connectivity index (χ2n) is 7.89. The van der Waals surface area contributed by atoms with Gasteiger partial charge in [0.15, 0.2) is 11.8 Å². The number of rotatable bonds is 8. The lowest BCUT2D eigenvalue weighted by Crippen LogP contribution is -2.49. The summed E-state index contributed by atoms with van der Waals surface area (Å²) in [5.41, 5.74) is 0. The minimum absolute atomic E-state index is 0. The summed E-state index contributed by atoms with van der Waals surface area (Å²) in [6.45, 7) is 6.03. The van der Waals surface area contributed by atoms with E-state index in [1.54, 1.807) is 7.11 Å². The Morgan fingerprint density at radius 3 is 2.48 bits per heavy atom. The predicted octanol–water partition coefficient (Wildman–Crippen LogP) is 2.65. The lowest BCUT2D eigenvalue weighted by Gasteiger charge is -2.35. The summed E-state index contributed by atoms with van der Waals surface area (Å²) in [6, 6.07) is 0.544. The first-order valence-electron chi connectivity index (χ1n) is 10.7. The molecule has 1 saturated heterocycles. The molecule has 0 unspecified atom stereocenters. The molecule has 2 aliphatic rings. The second kappa shape index (κ2) is 12.7. The fourth-order valence-electron chi connectivity index (χ4n) is 3.91. The van der Waals surface area contributed by atoms with Crippen molar-refractivity contribution in [3.05, 3.63) is 11.6 Å². The first-order chi connectivity index (χ1) is 13.7. The van der Waals surface area contributed by atoms with E-state index in [0.29, 0.717) is 18.7 Å². The van der Waals surface area contributed by atoms with Crippen molar-refractivity contribution in [2.75, 3.05) is 33.4 Å². The largest absolute Gasteiger partial charge is 0.385 e. The van der Waals surface area contributed by atoms with Gasteiger partial charge < -0.3 is 24.3 Å². The van der Waals surface area contributed by atoms with Gasteiger partial charge in [-0.3, -0.25) is 0 Å². The summed E-state index contributed by atoms with van der Waals surface area (Å²) in [4.78, 5) is 7.30. The number of aryl methyl sites for hydroxylation is 1. The Morgan fingerprint density at radius 2 is 1.86 bits per heavy atom. The van der Waals surface area contributed by atoms with Gasteiger partial charge >= 0.3 is 0 Å². The monoisotopic (exact) mass is 520 g/mol. The fourth-order valence-corrected chi connectivity index (χ4v) is 3.91. The third kappa shape index (κ3) is 7.36. The number of aliphatic imine (C=N–C) groups is 1. The number of ether oxygens (including phenoxy) is 2. The molecule has 8 nitrogen and oxygen atoms in total. The summed E-state index contributed by atoms with van der Waals surface area (Å²) < 4.78 is 13.1. The lowest BCUT2D eigenvalue weighted by atomic mass is 10.1. The number of nitrogens with zero attached hydrogens (tertiary/aromatic N) is 5. The minimum Gasteiger partial charge on any atom is -0.385 e. The third-order valence-corrected chi connectivity index (χ3v) is 5.83. The van der Waals surface area contributed by atoms with Crippen molar-refractivity contribution in [2.24, 2.45) is 12.0 Å². The molecule has 1 aliphatic heterocycles. The molecule has 0 amide bonds. The smallest absolute Gasteiger partial charge is 0.194 e. The van der Waals surface area contributed by atoms with Crippen LogP contribution < -0.4 is 5.32 Å². The number of aromatic nitrogens is 3. The molecule has 29 heavy (non-hydrogen) atoms. The van der Waals surface area contributed by atoms with Gasteiger partial charge in [-0.15, -0.1) is 34.2 Å². The highest BCUT2D eigenvalue weighted by Crippen LogP contribution is 2.19. The maximum atomic E-state index is 6.01. The Labute approximate surface area is 191 Å². The number of halogens is 1. The van der Waals surface area contributed by atoms with Crippen LogP contribution in [0.2, 0.25) is 0 Å². The van der Waals surface area contributed by atoms with E-state index in [1.165, 1.54) is 25.7 Å². The van der Waals surface area contributed by atoms with Gasteiger partial charge in [-0.05, 0) is 39.0 Å². The lowest BCUT2D eigenvalue weighted by molar-refractivity contribution is 0.00980. The highest BCUT2D eigenvalue weighted by atomic mass is 127. The van der Waals surface area contributed by atoms with Gasteiger partial charge in [-0.1, -0.05) is 12.8 Å². The molecule has 0 bridgehead atoms. The summed E-state index contributed by atoms with van der Waals surface area (Å²) in [6.07, 6.45) is 8.49. The zero-order valence-corrected chi connectivity index (χ0v) is 20.4. The van der Waals surface area contributed by atoms with Crippen LogP contribution in [0.1, 0.15) is 56.6 Å². The van der Waals surface area contributed by atoms with Crippen LogP contribution in [0.25, 0.3) is 0 Å². The maximum Gasteiger partial charge on any atom is 0.194 e. The van der Waals surface area contributed by atoms with Crippen molar-refractivity contribution in [3.8, 4) is 0 Å². The number of hydrogen-bond donors (Lipinski definition) is 1. The van der Waals surface area contributed by atoms with Gasteiger partial charge in [-0.2, -0.15) is 0 Å². The van der Waals surface area contributed by atoms with Crippen LogP contribution in [0.4, 0.5) is 0 Å². The number of guanidine groups is 1. The van der Waals surface area contributed by atoms with Gasteiger partial charge in [0.2, 0.25) is 0 Å². The van der Waals surface area contributed by atoms with E-state index in [-0.39, 0.29) is 24.0 Å². The van der Waals surface area contributed by atoms with Gasteiger partial charge in [0.1, 0.15) is 12.4 Å². The minimum atomic E-state index is 0. The number of hydrogen-bond acceptors (Lipinski definition) is 5. The van der Waals surface area contributed by atoms with Crippen LogP contribution >= 0.6 is 24.0 Å². The predicted molar refractivity (Wildman–Crippen MR) is 125 cm³/mol. The molecule has 1 aromatic heterocycles. The van der Waals surface area contributed by atoms with Gasteiger partial charge in [-0.25, -0.2) is 4.99 Å². The number of piperidine rings is 1. The van der Waals surface area contributed by atoms with Crippen molar-refractivity contribution in [1.82, 2.24) is 25.0 Å². The standard InChI is InChI=1S/C20H36N6O2.HI/c1-16-23-24-19(25(16)2)15-21-20(22-17-7-4-5-8-17)26-11-9-18(10-12-26)28-14-6-13-27-3;/h17-18H,4-15H2,1-3H3,(H,21,22);1H. The van der Waals surface area contributed by atoms with Crippen LogP contribution in [-0.2, 0) is 23.1 Å². The first-order valence-corrected chi connectivity index (χ1v) is 10.7. The molecule has 9 heteroatoms. The van der Waals surface area contributed by atoms with E-state index >= 15 is 0 Å². The summed E-state index contributed by atoms with van der Waals surface area (Å²) in [5, 5.41) is 12.1. The number of likely N-dealkylation sites (tertiary alicyclic amines) is 1. The highest BCUT2D eigenvalue weighted by molar-refractivity contribution is 14.0. The molecular weight excluding hydrogens is 483 g/mol. The SMILES string of the molecule is COCCCOC1CCN(C(=NCc2nnc(C)n2C)NC2CCCC2)CC1.I. The average Bonchev–Trinajstić information content (AvgIpc) is 3.34. The molecule has 0 radical (unpaired) electrons. The molecule has 0 spiro atoms. The van der Waals surface area contributed by atoms with Gasteiger partial charge in [0.25, 0.3) is 0 Å². The Hall–Kier alpha value is -0.940. The number of methoxy groups -OCH3 is 1. The van der Waals surface area contributed by atoms with Crippen LogP contribution in [0.3, 0.4) is 0 Å². The van der Waals surface area contributed by atoms with Gasteiger partial charge in [0, 0.05) is 46.5 Å². The normalized spacial score (nSPS) is 18.9. The molecule has 1 aromatic rings. The van der Waals surface area contributed by atoms with E-state index in [2.05, 4.69) is 20.4 Å². The molecular formula is C20H37IN6O2. The maximum absolute atomic E-state index is 6.01. The third-order valence-electron chi connectivity index (χ3n) is 5.83. The van der Waals surface area contributed by atoms with Crippen LogP contribution in [0, 0.1) is 6.92 Å². The molecule has 2 fully saturated rings. The molecule has 1 saturated carbocycles. The quantitative estimate of drug-likeness (QED) is 0.246. The molecule has 0 aromatic carbocycles. The van der Waals surface area contributed by atoms with E-state index < -0.39 is 0 Å². The van der Waals surface area contributed by atoms with Crippen LogP contribution in [0.5, 0.6) is 0 Å². The Kier molecular flexibility index (Phi) is 10.6. The Morgan fingerprint density at radius 1 is 1.14 bits per heavy atom. The summed E-state index contributed by atoms with van der Waals surface area (Å²) in [5.74, 6) is 2.84. The molecule has 1 N–H and O–H groups in total. The molecule has 3 rings (SSSR count). The molecule has 0 atom stereocenters. The molecule has 1 aliphatic carbocycles. The van der Waals surface area contributed by atoms with Crippen molar-refractivity contribution in [3.63, 3.8) is 0 Å². The van der Waals surface area contributed by atoms with E-state index in [9.17, 15) is 0 Å². The Bertz CT molecular complexity index is 624. The van der Waals surface area contributed by atoms with Crippen LogP contribution in [-0.4, -0.2) is 71.2 Å². The van der Waals surface area contributed by atoms with Crippen molar-refractivity contribution >= 4 is 29.9 Å². The van der Waals surface area contributed by atoms with E-state index in [4.69, 9.17) is 14.5 Å². The second-order valence-corrected chi connectivity index (χ2v) is 7.89. The first kappa shape index (κ1) is 24.3. The molecule has 166 valence electrons. The van der Waals surface area contributed by atoms with Gasteiger partial charge in [0.05, 0.1) is 6.10 Å². The van der Waals surface area contributed by atoms with E-state index in [0.717, 1.165) is 63.2 Å². The highest BCUT2D eigenvalue weighted by Gasteiger charge is 2.25. The van der Waals surface area contributed by atoms with Crippen LogP contribution in [0.15, 0.2) is 4.99 Å². The van der Waals surface area contributed by atoms with E-state index in [1.807, 2.05) is 18.5 Å². The zero-order chi connectivity index (χ0) is 19.8. The summed E-state index contributed by atoms with van der Waals surface area (Å²) >= 11 is 0. The zero-order valence-electron chi connectivity index (χ0n) is 18.1. The Balaban J connectivity index is 0.00000300. The van der Waals surface area contributed by atoms with Crippen molar-refractivity contribution in [2.45, 2.75) is 70.6 Å². The fraction of sp³-hybridized carbons (Fsp3) is 0.850. The van der Waals surface area contributed by atoms with Crippen molar-refractivity contribution in [1.29, 1.82) is 0 Å². The topological polar surface area (TPSA) is 76.8 Å². The molecule has 2 heterocycles. The number of nitrogens with one attached hydrogen (secondary N) is 1. The average molecular weight is 520 g/mol.